The molecule has 14 bridgehead atoms. The fraction of sp³-hybridized carbons (Fsp3) is 0.583. The summed E-state index contributed by atoms with van der Waals surface area (Å²) in [7, 11) is 0. The fourth-order valence-corrected chi connectivity index (χ4v) is 25.5. The van der Waals surface area contributed by atoms with Gasteiger partial charge in [0.15, 0.2) is 0 Å². The second-order valence-corrected chi connectivity index (χ2v) is 32.7. The number of carbonyl (C=O) groups is 1. The molecule has 5 saturated carbocycles. The molecular formula is C84H104N2O4. The Morgan fingerprint density at radius 2 is 1.61 bits per heavy atom. The average Bonchev–Trinajstić information content (AvgIpc) is 1.24. The van der Waals surface area contributed by atoms with Crippen LogP contribution in [0.15, 0.2) is 150 Å². The fourth-order valence-electron chi connectivity index (χ4n) is 25.5. The van der Waals surface area contributed by atoms with Crippen molar-refractivity contribution in [3.05, 3.63) is 183 Å². The molecule has 5 fully saturated rings. The van der Waals surface area contributed by atoms with Crippen molar-refractivity contribution in [1.29, 1.82) is 0 Å². The largest absolute Gasteiger partial charge is 0.481 e. The van der Waals surface area contributed by atoms with Gasteiger partial charge in [0, 0.05) is 46.1 Å². The van der Waals surface area contributed by atoms with E-state index in [-0.39, 0.29) is 39.4 Å². The lowest BCUT2D eigenvalue weighted by Crippen LogP contribution is -2.68. The Hall–Kier alpha value is -5.43. The third-order valence-corrected chi connectivity index (χ3v) is 29.1. The minimum atomic E-state index is -0.976. The summed E-state index contributed by atoms with van der Waals surface area (Å²) in [6, 6.07) is 28.1. The number of dihydropyridines is 1. The number of carboxylic acid groups (broad SMARTS) is 1. The number of aliphatic hydroxyl groups is 2. The Morgan fingerprint density at radius 1 is 0.778 bits per heavy atom. The number of rotatable bonds is 8. The molecule has 5 N–H and O–H groups in total. The number of aryl methyl sites for hydroxylation is 1. The molecule has 11 aliphatic carbocycles. The van der Waals surface area contributed by atoms with Crippen molar-refractivity contribution in [3.8, 4) is 0 Å². The standard InChI is InChI=1S/C84H104N2O4/c1-5-6-8-19-57-20-11-12-23-59(57)46-56-32-40-80(49-56)41-34-69-67(80)35-43-83-70(76(89)90)30-28-54(2)63(58-21-9-7-10-22-58)27-16-44-85-75-31-29-62(53-86-75)60-25-15-18-55(45-60)47-65-64-26-14-13-24-61(64)48-71-66(65)50-81-38-17-37-78(3)73(87)36-42-82(71,77(78)81)68-33-39-79(83,4)84(69,52-74(83)88)72(68)51-81/h11-15,17-18,20,23-26,29,31,35,38,43,45,48,50,56,58,63,67,69-71,73-74,77,85-88H,2,5-10,16,19,21-22,27-28,30,32-34,36-37,39-42,44,46-47,49,51-53H2,1,3-4H3,(H,89,90)/t56-,63-,67+,69-,70+,71-,73+,74-,77-,78-,79-,80+,81-,82-,83+,84-/m1/s1. The van der Waals surface area contributed by atoms with Crippen molar-refractivity contribution in [2.24, 2.45) is 85.2 Å². The molecule has 0 unspecified atom stereocenters. The van der Waals surface area contributed by atoms with E-state index in [1.165, 1.54) is 121 Å². The molecule has 0 amide bonds. The number of benzene rings is 3. The first-order chi connectivity index (χ1) is 43.7. The van der Waals surface area contributed by atoms with E-state index in [0.717, 1.165) is 96.0 Å². The van der Waals surface area contributed by atoms with Gasteiger partial charge in [0.1, 0.15) is 0 Å². The van der Waals surface area contributed by atoms with Crippen LogP contribution in [0.1, 0.15) is 197 Å². The highest BCUT2D eigenvalue weighted by Gasteiger charge is 2.81. The summed E-state index contributed by atoms with van der Waals surface area (Å²) in [5, 5.41) is 49.5. The van der Waals surface area contributed by atoms with E-state index < -0.39 is 40.3 Å². The minimum absolute atomic E-state index is 0.106. The molecule has 3 aromatic rings. The zero-order chi connectivity index (χ0) is 61.4. The summed E-state index contributed by atoms with van der Waals surface area (Å²) in [4.78, 5) is 15.1. The van der Waals surface area contributed by atoms with Gasteiger partial charge in [-0.1, -0.05) is 192 Å². The number of fused-ring (bicyclic) bond motifs is 3. The Labute approximate surface area is 538 Å². The Morgan fingerprint density at radius 3 is 2.44 bits per heavy atom. The molecule has 20 rings (SSSR count). The number of unbranched alkanes of at least 4 members (excludes halogenated alkanes) is 2. The van der Waals surface area contributed by atoms with Gasteiger partial charge in [-0.15, -0.1) is 0 Å². The molecule has 474 valence electrons. The Kier molecular flexibility index (Phi) is 14.8. The van der Waals surface area contributed by atoms with Gasteiger partial charge < -0.3 is 26.0 Å². The van der Waals surface area contributed by atoms with Crippen LogP contribution in [-0.2, 0) is 24.1 Å². The van der Waals surface area contributed by atoms with Gasteiger partial charge in [-0.2, -0.15) is 0 Å². The summed E-state index contributed by atoms with van der Waals surface area (Å²) in [5.74, 6) is 1.98. The van der Waals surface area contributed by atoms with Crippen LogP contribution < -0.4 is 21.1 Å². The molecule has 6 heteroatoms. The molecule has 0 saturated heterocycles. The van der Waals surface area contributed by atoms with Crippen molar-refractivity contribution in [2.75, 3.05) is 13.1 Å². The average molecular weight is 1210 g/mol. The number of nitrogens with one attached hydrogen (secondary N) is 2. The zero-order valence-corrected chi connectivity index (χ0v) is 54.8. The van der Waals surface area contributed by atoms with Gasteiger partial charge >= 0.3 is 5.97 Å². The van der Waals surface area contributed by atoms with E-state index in [4.69, 9.17) is 6.58 Å². The smallest absolute Gasteiger partial charge is 0.307 e. The molecule has 17 aliphatic rings. The molecule has 0 aromatic heterocycles. The predicted molar refractivity (Wildman–Crippen MR) is 365 cm³/mol. The van der Waals surface area contributed by atoms with Crippen LogP contribution in [0.25, 0.3) is 17.2 Å². The second kappa shape index (κ2) is 22.4. The van der Waals surface area contributed by atoms with Crippen LogP contribution >= 0.6 is 0 Å². The summed E-state index contributed by atoms with van der Waals surface area (Å²) < 4.78 is 0. The summed E-state index contributed by atoms with van der Waals surface area (Å²) in [6.07, 6.45) is 47.5. The molecule has 6 nitrogen and oxygen atoms in total. The van der Waals surface area contributed by atoms with Crippen LogP contribution in [0.4, 0.5) is 0 Å². The first kappa shape index (κ1) is 59.6. The van der Waals surface area contributed by atoms with Crippen molar-refractivity contribution in [1.82, 2.24) is 10.6 Å². The van der Waals surface area contributed by atoms with Gasteiger partial charge in [-0.3, -0.25) is 4.79 Å². The van der Waals surface area contributed by atoms with Crippen molar-refractivity contribution in [3.63, 3.8) is 0 Å². The van der Waals surface area contributed by atoms with Gasteiger partial charge in [0.2, 0.25) is 0 Å². The number of aliphatic carboxylic acids is 1. The monoisotopic (exact) mass is 1200 g/mol. The Bertz CT molecular complexity index is 3720. The van der Waals surface area contributed by atoms with Crippen LogP contribution in [-0.4, -0.2) is 46.6 Å². The van der Waals surface area contributed by atoms with Crippen molar-refractivity contribution < 1.29 is 20.1 Å². The topological polar surface area (TPSA) is 102 Å². The molecular weight excluding hydrogens is 1100 g/mol. The molecule has 6 aliphatic heterocycles. The van der Waals surface area contributed by atoms with E-state index in [9.17, 15) is 15.3 Å². The van der Waals surface area contributed by atoms with Gasteiger partial charge in [-0.25, -0.2) is 0 Å². The summed E-state index contributed by atoms with van der Waals surface area (Å²) in [5.41, 5.74) is 11.7. The van der Waals surface area contributed by atoms with Crippen LogP contribution in [0.3, 0.4) is 0 Å². The predicted octanol–water partition coefficient (Wildman–Crippen LogP) is 16.2. The van der Waals surface area contributed by atoms with Crippen LogP contribution in [0.5, 0.6) is 0 Å². The van der Waals surface area contributed by atoms with Crippen molar-refractivity contribution >= 4 is 23.2 Å². The lowest BCUT2D eigenvalue weighted by molar-refractivity contribution is -0.168. The highest BCUT2D eigenvalue weighted by molar-refractivity contribution is 5.78. The zero-order valence-electron chi connectivity index (χ0n) is 54.8. The van der Waals surface area contributed by atoms with Crippen LogP contribution in [0, 0.1) is 85.2 Å². The maximum Gasteiger partial charge on any atom is 0.307 e. The highest BCUT2D eigenvalue weighted by Crippen LogP contribution is 2.86. The molecule has 16 atom stereocenters. The second-order valence-electron chi connectivity index (χ2n) is 32.7. The first-order valence-electron chi connectivity index (χ1n) is 36.7. The number of hydrogen-bond donors (Lipinski definition) is 5. The highest BCUT2D eigenvalue weighted by atomic mass is 16.4. The van der Waals surface area contributed by atoms with E-state index in [1.54, 1.807) is 22.3 Å². The molecule has 0 radical (unpaired) electrons. The van der Waals surface area contributed by atoms with Gasteiger partial charge in [0.25, 0.3) is 0 Å². The van der Waals surface area contributed by atoms with Crippen molar-refractivity contribution in [2.45, 2.75) is 206 Å². The number of aliphatic hydroxyl groups excluding tert-OH is 2. The number of allylic oxidation sites excluding steroid dienone is 10. The first-order valence-corrected chi connectivity index (χ1v) is 36.7. The third kappa shape index (κ3) is 8.68. The molecule has 90 heavy (non-hydrogen) atoms. The normalized spacial score (nSPS) is 40.7. The maximum atomic E-state index is 15.1. The van der Waals surface area contributed by atoms with Gasteiger partial charge in [0.05, 0.1) is 23.9 Å². The van der Waals surface area contributed by atoms with Crippen LogP contribution in [0.2, 0.25) is 0 Å². The summed E-state index contributed by atoms with van der Waals surface area (Å²) in [6.45, 7) is 14.0. The van der Waals surface area contributed by atoms with E-state index in [0.29, 0.717) is 42.9 Å². The molecule has 3 spiro atoms. The molecule has 3 aromatic carbocycles. The lowest BCUT2D eigenvalue weighted by Gasteiger charge is -2.73. The number of hydrogen-bond acceptors (Lipinski definition) is 5. The SMILES string of the molecule is C=C1CC[C@@H](C(=O)O)[C@@]23C=C[C@H]4[C@@H](CC[C@]45CC[C@H](Cc4ccccc4CCCCC)C5)[C@]4(C[C@H]2O)C2=C(CC[C@]34C)[C@]34CC[C@H](O)[C@@]5(C)CC=C[C@@](C=C6C(=c7ccccc7=C[C@H]63)Cc3cccc(c3)C3=CC=C(NCCC[C@H]1C1CCCCC1)NC3)(C2)[C@@H]54. The van der Waals surface area contributed by atoms with E-state index >= 15 is 4.79 Å². The number of carboxylic acids is 1. The van der Waals surface area contributed by atoms with E-state index in [2.05, 4.69) is 153 Å². The van der Waals surface area contributed by atoms with E-state index in [1.807, 2.05) is 0 Å². The lowest BCUT2D eigenvalue weighted by atomic mass is 9.30. The minimum Gasteiger partial charge on any atom is -0.481 e. The quantitative estimate of drug-likeness (QED) is 0.114. The Balaban J connectivity index is 0.889. The maximum absolute atomic E-state index is 15.1. The van der Waals surface area contributed by atoms with Gasteiger partial charge in [-0.05, 0) is 243 Å². The summed E-state index contributed by atoms with van der Waals surface area (Å²) >= 11 is 0. The molecule has 6 heterocycles. The third-order valence-electron chi connectivity index (χ3n) is 29.1.